The van der Waals surface area contributed by atoms with Gasteiger partial charge in [-0.15, -0.1) is 0 Å². The lowest BCUT2D eigenvalue weighted by atomic mass is 10.2. The first-order valence-electron chi connectivity index (χ1n) is 5.60. The van der Waals surface area contributed by atoms with Crippen LogP contribution in [0.25, 0.3) is 0 Å². The fraction of sp³-hybridized carbons (Fsp3) is 0.364. The van der Waals surface area contributed by atoms with Crippen molar-refractivity contribution in [3.63, 3.8) is 0 Å². The lowest BCUT2D eigenvalue weighted by Crippen LogP contribution is -2.37. The van der Waals surface area contributed by atoms with Crippen LogP contribution in [0.5, 0.6) is 0 Å². The number of amides is 1. The van der Waals surface area contributed by atoms with Gasteiger partial charge in [-0.2, -0.15) is 0 Å². The van der Waals surface area contributed by atoms with Gasteiger partial charge in [-0.25, -0.2) is 22.0 Å². The van der Waals surface area contributed by atoms with Crippen molar-refractivity contribution in [3.8, 4) is 0 Å². The van der Waals surface area contributed by atoms with Crippen molar-refractivity contribution in [2.45, 2.75) is 17.9 Å². The van der Waals surface area contributed by atoms with Crippen LogP contribution in [0.4, 0.5) is 0 Å². The summed E-state index contributed by atoms with van der Waals surface area (Å²) in [5.41, 5.74) is 0.0943. The van der Waals surface area contributed by atoms with Gasteiger partial charge in [0.2, 0.25) is 10.0 Å². The maximum Gasteiger partial charge on any atom is 0.251 e. The number of nitrogens with one attached hydrogen (secondary N) is 1. The fourth-order valence-corrected chi connectivity index (χ4v) is 3.17. The molecule has 1 rings (SSSR count). The Morgan fingerprint density at radius 2 is 1.90 bits per heavy atom. The van der Waals surface area contributed by atoms with Gasteiger partial charge in [-0.1, -0.05) is 6.07 Å². The second-order valence-electron chi connectivity index (χ2n) is 4.54. The van der Waals surface area contributed by atoms with E-state index in [1.54, 1.807) is 6.92 Å². The summed E-state index contributed by atoms with van der Waals surface area (Å²) in [7, 11) is -7.11. The van der Waals surface area contributed by atoms with Gasteiger partial charge < -0.3 is 5.32 Å². The minimum atomic E-state index is -3.89. The predicted octanol–water partition coefficient (Wildman–Crippen LogP) is -0.503. The Kier molecular flexibility index (Phi) is 4.90. The minimum Gasteiger partial charge on any atom is -0.349 e. The lowest BCUT2D eigenvalue weighted by Gasteiger charge is -2.13. The molecule has 0 radical (unpaired) electrons. The van der Waals surface area contributed by atoms with Gasteiger partial charge in [-0.05, 0) is 25.1 Å². The molecule has 112 valence electrons. The molecule has 3 N–H and O–H groups in total. The van der Waals surface area contributed by atoms with Gasteiger partial charge >= 0.3 is 0 Å². The highest BCUT2D eigenvalue weighted by molar-refractivity contribution is 7.90. The molecule has 0 saturated heterocycles. The molecule has 7 nitrogen and oxygen atoms in total. The van der Waals surface area contributed by atoms with Gasteiger partial charge in [0, 0.05) is 17.9 Å². The highest BCUT2D eigenvalue weighted by Gasteiger charge is 2.16. The zero-order chi connectivity index (χ0) is 15.6. The molecule has 1 aromatic rings. The Hall–Kier alpha value is -1.45. The van der Waals surface area contributed by atoms with Crippen molar-refractivity contribution in [2.24, 2.45) is 5.14 Å². The average molecular weight is 320 g/mol. The molecule has 1 amide bonds. The van der Waals surface area contributed by atoms with Crippen molar-refractivity contribution < 1.29 is 21.6 Å². The van der Waals surface area contributed by atoms with E-state index in [4.69, 9.17) is 5.14 Å². The van der Waals surface area contributed by atoms with Crippen molar-refractivity contribution in [3.05, 3.63) is 29.8 Å². The predicted molar refractivity (Wildman–Crippen MR) is 74.5 cm³/mol. The number of hydrogen-bond acceptors (Lipinski definition) is 5. The third-order valence-corrected chi connectivity index (χ3v) is 4.37. The maximum atomic E-state index is 11.9. The minimum absolute atomic E-state index is 0.0943. The third-order valence-electron chi connectivity index (χ3n) is 2.36. The summed E-state index contributed by atoms with van der Waals surface area (Å²) in [6, 6.07) is 4.62. The molecule has 0 aliphatic rings. The van der Waals surface area contributed by atoms with Crippen molar-refractivity contribution in [1.82, 2.24) is 5.32 Å². The van der Waals surface area contributed by atoms with E-state index < -0.39 is 31.8 Å². The Bertz CT molecular complexity index is 710. The highest BCUT2D eigenvalue weighted by Crippen LogP contribution is 2.10. The van der Waals surface area contributed by atoms with Crippen LogP contribution in [0.3, 0.4) is 0 Å². The molecule has 0 aromatic heterocycles. The number of primary sulfonamides is 1. The highest BCUT2D eigenvalue weighted by atomic mass is 32.2. The van der Waals surface area contributed by atoms with Gasteiger partial charge in [-0.3, -0.25) is 4.79 Å². The number of sulfone groups is 1. The zero-order valence-electron chi connectivity index (χ0n) is 11.0. The first-order chi connectivity index (χ1) is 8.99. The van der Waals surface area contributed by atoms with Crippen molar-refractivity contribution in [2.75, 3.05) is 12.0 Å². The third kappa shape index (κ3) is 5.27. The average Bonchev–Trinajstić information content (AvgIpc) is 2.25. The number of benzene rings is 1. The smallest absolute Gasteiger partial charge is 0.251 e. The Labute approximate surface area is 118 Å². The monoisotopic (exact) mass is 320 g/mol. The SMILES string of the molecule is CC(CS(C)(=O)=O)NC(=O)c1cccc(S(N)(=O)=O)c1. The van der Waals surface area contributed by atoms with Crippen LogP contribution >= 0.6 is 0 Å². The molecule has 1 unspecified atom stereocenters. The van der Waals surface area contributed by atoms with E-state index in [1.165, 1.54) is 18.2 Å². The standard InChI is InChI=1S/C11H16N2O5S2/c1-8(7-19(2,15)16)13-11(14)9-4-3-5-10(6-9)20(12,17)18/h3-6,8H,7H2,1-2H3,(H,13,14)(H2,12,17,18). The Morgan fingerprint density at radius 1 is 1.30 bits per heavy atom. The number of carbonyl (C=O) groups is 1. The number of sulfonamides is 1. The zero-order valence-corrected chi connectivity index (χ0v) is 12.7. The van der Waals surface area contributed by atoms with Crippen molar-refractivity contribution >= 4 is 25.8 Å². The topological polar surface area (TPSA) is 123 Å². The molecule has 0 heterocycles. The van der Waals surface area contributed by atoms with Gasteiger partial charge in [0.25, 0.3) is 5.91 Å². The van der Waals surface area contributed by atoms with Gasteiger partial charge in [0.05, 0.1) is 10.6 Å². The summed E-state index contributed by atoms with van der Waals surface area (Å²) in [5.74, 6) is -0.764. The van der Waals surface area contributed by atoms with Gasteiger partial charge in [0.1, 0.15) is 9.84 Å². The van der Waals surface area contributed by atoms with E-state index >= 15 is 0 Å². The van der Waals surface area contributed by atoms with Crippen LogP contribution in [0.2, 0.25) is 0 Å². The molecule has 0 aliphatic carbocycles. The van der Waals surface area contributed by atoms with Crippen LogP contribution in [0.15, 0.2) is 29.2 Å². The molecule has 0 fully saturated rings. The molecular weight excluding hydrogens is 304 g/mol. The summed E-state index contributed by atoms with van der Waals surface area (Å²) < 4.78 is 44.6. The molecule has 1 atom stereocenters. The van der Waals surface area contributed by atoms with Crippen LogP contribution in [-0.2, 0) is 19.9 Å². The second-order valence-corrected chi connectivity index (χ2v) is 8.29. The quantitative estimate of drug-likeness (QED) is 0.757. The number of hydrogen-bond donors (Lipinski definition) is 2. The number of rotatable bonds is 5. The lowest BCUT2D eigenvalue weighted by molar-refractivity contribution is 0.0943. The summed E-state index contributed by atoms with van der Waals surface area (Å²) in [4.78, 5) is 11.7. The van der Waals surface area contributed by atoms with Crippen LogP contribution in [0, 0.1) is 0 Å². The number of carbonyl (C=O) groups excluding carboxylic acids is 1. The number of nitrogens with two attached hydrogens (primary N) is 1. The molecule has 0 aliphatic heterocycles. The van der Waals surface area contributed by atoms with E-state index in [-0.39, 0.29) is 16.2 Å². The van der Waals surface area contributed by atoms with E-state index in [2.05, 4.69) is 5.32 Å². The van der Waals surface area contributed by atoms with E-state index in [9.17, 15) is 21.6 Å². The van der Waals surface area contributed by atoms with E-state index in [1.807, 2.05) is 0 Å². The Morgan fingerprint density at radius 3 is 2.40 bits per heavy atom. The molecule has 0 saturated carbocycles. The molecule has 0 spiro atoms. The largest absolute Gasteiger partial charge is 0.349 e. The van der Waals surface area contributed by atoms with Crippen LogP contribution in [0.1, 0.15) is 17.3 Å². The first-order valence-corrected chi connectivity index (χ1v) is 9.21. The summed E-state index contributed by atoms with van der Waals surface area (Å²) >= 11 is 0. The molecule has 1 aromatic carbocycles. The first kappa shape index (κ1) is 16.6. The molecule has 20 heavy (non-hydrogen) atoms. The summed E-state index contributed by atoms with van der Waals surface area (Å²) in [6.07, 6.45) is 1.07. The van der Waals surface area contributed by atoms with E-state index in [0.717, 1.165) is 12.3 Å². The molecule has 0 bridgehead atoms. The maximum absolute atomic E-state index is 11.9. The Balaban J connectivity index is 2.89. The fourth-order valence-electron chi connectivity index (χ4n) is 1.62. The van der Waals surface area contributed by atoms with Crippen LogP contribution in [-0.4, -0.2) is 40.8 Å². The molecular formula is C11H16N2O5S2. The summed E-state index contributed by atoms with van der Waals surface area (Å²) in [6.45, 7) is 1.54. The van der Waals surface area contributed by atoms with Crippen molar-refractivity contribution in [1.29, 1.82) is 0 Å². The summed E-state index contributed by atoms with van der Waals surface area (Å²) in [5, 5.41) is 7.45. The van der Waals surface area contributed by atoms with Crippen LogP contribution < -0.4 is 10.5 Å². The molecule has 9 heteroatoms. The van der Waals surface area contributed by atoms with Gasteiger partial charge in [0.15, 0.2) is 0 Å². The second kappa shape index (κ2) is 5.90. The normalized spacial score (nSPS) is 13.8. The van der Waals surface area contributed by atoms with E-state index in [0.29, 0.717) is 0 Å².